The van der Waals surface area contributed by atoms with E-state index in [1.165, 1.54) is 24.3 Å². The topological polar surface area (TPSA) is 75.3 Å². The van der Waals surface area contributed by atoms with Crippen molar-refractivity contribution in [1.82, 2.24) is 0 Å². The van der Waals surface area contributed by atoms with Crippen LogP contribution in [-0.4, -0.2) is 14.3 Å². The predicted octanol–water partition coefficient (Wildman–Crippen LogP) is 6.02. The molecule has 0 saturated heterocycles. The number of carbonyl (C=O) groups excluding carboxylic acids is 1. The number of carbonyl (C=O) groups is 1. The van der Waals surface area contributed by atoms with Gasteiger partial charge in [-0.25, -0.2) is 8.42 Å². The molecule has 11 heteroatoms. The quantitative estimate of drug-likeness (QED) is 0.363. The van der Waals surface area contributed by atoms with E-state index in [4.69, 9.17) is 11.6 Å². The van der Waals surface area contributed by atoms with E-state index in [-0.39, 0.29) is 16.5 Å². The van der Waals surface area contributed by atoms with Crippen LogP contribution >= 0.6 is 34.2 Å². The molecule has 5 nitrogen and oxygen atoms in total. The van der Waals surface area contributed by atoms with Gasteiger partial charge in [0.05, 0.1) is 15.5 Å². The lowest BCUT2D eigenvalue weighted by Gasteiger charge is -2.13. The van der Waals surface area contributed by atoms with Gasteiger partial charge < -0.3 is 5.32 Å². The number of amides is 1. The molecule has 0 heterocycles. The fourth-order valence-corrected chi connectivity index (χ4v) is 4.39. The summed E-state index contributed by atoms with van der Waals surface area (Å²) in [6, 6.07) is 14.8. The maximum absolute atomic E-state index is 13.0. The molecule has 3 rings (SSSR count). The van der Waals surface area contributed by atoms with E-state index in [1.54, 1.807) is 18.2 Å². The molecule has 0 fully saturated rings. The molecular formula is C20H13ClF3IN2O3S. The highest BCUT2D eigenvalue weighted by molar-refractivity contribution is 14.1. The molecule has 0 spiro atoms. The molecule has 3 aromatic carbocycles. The van der Waals surface area contributed by atoms with Gasteiger partial charge in [0.15, 0.2) is 0 Å². The fraction of sp³-hybridized carbons (Fsp3) is 0.0500. The second-order valence-corrected chi connectivity index (χ2v) is 9.62. The molecule has 0 bridgehead atoms. The monoisotopic (exact) mass is 580 g/mol. The van der Waals surface area contributed by atoms with Crippen molar-refractivity contribution in [2.24, 2.45) is 0 Å². The van der Waals surface area contributed by atoms with Crippen molar-refractivity contribution >= 4 is 61.5 Å². The highest BCUT2D eigenvalue weighted by Crippen LogP contribution is 2.36. The number of nitrogens with one attached hydrogen (secondary N) is 2. The third-order valence-corrected chi connectivity index (χ3v) is 6.43. The molecule has 0 aliphatic rings. The van der Waals surface area contributed by atoms with Crippen molar-refractivity contribution in [3.63, 3.8) is 0 Å². The van der Waals surface area contributed by atoms with Crippen LogP contribution in [0.4, 0.5) is 24.5 Å². The van der Waals surface area contributed by atoms with E-state index in [2.05, 4.69) is 32.6 Å². The summed E-state index contributed by atoms with van der Waals surface area (Å²) in [5, 5.41) is 2.11. The molecule has 162 valence electrons. The van der Waals surface area contributed by atoms with Crippen LogP contribution in [0, 0.1) is 3.57 Å². The third kappa shape index (κ3) is 5.89. The Bertz CT molecular complexity index is 1230. The van der Waals surface area contributed by atoms with E-state index in [0.717, 1.165) is 15.7 Å². The molecule has 0 radical (unpaired) electrons. The van der Waals surface area contributed by atoms with Crippen molar-refractivity contribution in [2.75, 3.05) is 10.0 Å². The summed E-state index contributed by atoms with van der Waals surface area (Å²) in [5.74, 6) is -0.368. The van der Waals surface area contributed by atoms with Crippen LogP contribution in [0.1, 0.15) is 15.9 Å². The van der Waals surface area contributed by atoms with Gasteiger partial charge in [-0.15, -0.1) is 0 Å². The van der Waals surface area contributed by atoms with Crippen molar-refractivity contribution in [1.29, 1.82) is 0 Å². The predicted molar refractivity (Wildman–Crippen MR) is 121 cm³/mol. The number of rotatable bonds is 5. The van der Waals surface area contributed by atoms with E-state index in [0.29, 0.717) is 17.3 Å². The van der Waals surface area contributed by atoms with Gasteiger partial charge in [0, 0.05) is 20.5 Å². The first-order valence-corrected chi connectivity index (χ1v) is 11.5. The lowest BCUT2D eigenvalue weighted by Crippen LogP contribution is -2.15. The lowest BCUT2D eigenvalue weighted by atomic mass is 10.2. The molecule has 2 N–H and O–H groups in total. The van der Waals surface area contributed by atoms with Crippen LogP contribution in [-0.2, 0) is 16.2 Å². The van der Waals surface area contributed by atoms with Crippen molar-refractivity contribution in [3.05, 3.63) is 86.4 Å². The van der Waals surface area contributed by atoms with Gasteiger partial charge in [0.2, 0.25) is 0 Å². The number of halogens is 5. The summed E-state index contributed by atoms with van der Waals surface area (Å²) in [5.41, 5.74) is -0.641. The molecule has 0 aliphatic carbocycles. The minimum Gasteiger partial charge on any atom is -0.322 e. The Labute approximate surface area is 194 Å². The Balaban J connectivity index is 1.76. The van der Waals surface area contributed by atoms with E-state index >= 15 is 0 Å². The zero-order valence-electron chi connectivity index (χ0n) is 15.4. The second kappa shape index (κ2) is 9.05. The zero-order chi connectivity index (χ0) is 22.8. The van der Waals surface area contributed by atoms with Crippen molar-refractivity contribution in [3.8, 4) is 0 Å². The molecule has 3 aromatic rings. The largest absolute Gasteiger partial charge is 0.417 e. The highest BCUT2D eigenvalue weighted by atomic mass is 127. The second-order valence-electron chi connectivity index (χ2n) is 6.29. The summed E-state index contributed by atoms with van der Waals surface area (Å²) in [6.45, 7) is 0. The number of hydrogen-bond donors (Lipinski definition) is 2. The third-order valence-electron chi connectivity index (χ3n) is 4.03. The summed E-state index contributed by atoms with van der Waals surface area (Å²) in [7, 11) is -4.17. The van der Waals surface area contributed by atoms with Crippen LogP contribution in [0.25, 0.3) is 0 Å². The van der Waals surface area contributed by atoms with Gasteiger partial charge in [-0.3, -0.25) is 9.52 Å². The molecule has 31 heavy (non-hydrogen) atoms. The van der Waals surface area contributed by atoms with Gasteiger partial charge in [-0.05, 0) is 83.3 Å². The number of sulfonamides is 1. The maximum atomic E-state index is 13.0. The molecular weight excluding hydrogens is 568 g/mol. The molecule has 0 aliphatic heterocycles. The smallest absolute Gasteiger partial charge is 0.322 e. The van der Waals surface area contributed by atoms with Crippen LogP contribution < -0.4 is 10.0 Å². The Morgan fingerprint density at radius 1 is 0.935 bits per heavy atom. The zero-order valence-corrected chi connectivity index (χ0v) is 19.1. The highest BCUT2D eigenvalue weighted by Gasteiger charge is 2.33. The fourth-order valence-electron chi connectivity index (χ4n) is 2.57. The number of hydrogen-bond acceptors (Lipinski definition) is 3. The summed E-state index contributed by atoms with van der Waals surface area (Å²) in [4.78, 5) is 12.1. The van der Waals surface area contributed by atoms with Crippen molar-refractivity contribution < 1.29 is 26.4 Å². The Morgan fingerprint density at radius 3 is 2.19 bits per heavy atom. The van der Waals surface area contributed by atoms with Crippen LogP contribution in [0.3, 0.4) is 0 Å². The van der Waals surface area contributed by atoms with Crippen LogP contribution in [0.15, 0.2) is 71.6 Å². The normalized spacial score (nSPS) is 11.8. The van der Waals surface area contributed by atoms with E-state index in [1.807, 2.05) is 6.07 Å². The summed E-state index contributed by atoms with van der Waals surface area (Å²) < 4.78 is 67.0. The first kappa shape index (κ1) is 23.4. The summed E-state index contributed by atoms with van der Waals surface area (Å²) >= 11 is 7.63. The van der Waals surface area contributed by atoms with Crippen LogP contribution in [0.5, 0.6) is 0 Å². The van der Waals surface area contributed by atoms with Gasteiger partial charge in [0.25, 0.3) is 15.9 Å². The Kier molecular flexibility index (Phi) is 6.82. The minimum absolute atomic E-state index is 0.191. The number of anilines is 2. The molecule has 0 saturated carbocycles. The van der Waals surface area contributed by atoms with Crippen molar-refractivity contribution in [2.45, 2.75) is 11.1 Å². The first-order chi connectivity index (χ1) is 14.5. The molecule has 0 unspecified atom stereocenters. The van der Waals surface area contributed by atoms with Gasteiger partial charge in [-0.2, -0.15) is 13.2 Å². The van der Waals surface area contributed by atoms with Gasteiger partial charge >= 0.3 is 6.18 Å². The lowest BCUT2D eigenvalue weighted by molar-refractivity contribution is -0.137. The number of benzene rings is 3. The Hall–Kier alpha value is -2.31. The summed E-state index contributed by atoms with van der Waals surface area (Å²) in [6.07, 6.45) is -4.73. The standard InChI is InChI=1S/C20H13ClF3IN2O3S/c21-18-9-6-15(11-17(18)20(22,23)24)27-31(29,30)16-7-4-14(5-8-16)26-19(28)12-2-1-3-13(25)10-12/h1-11,27H,(H,26,28). The van der Waals surface area contributed by atoms with Gasteiger partial charge in [0.1, 0.15) is 0 Å². The average molecular weight is 581 g/mol. The minimum atomic E-state index is -4.73. The average Bonchev–Trinajstić information content (AvgIpc) is 2.69. The molecule has 1 amide bonds. The number of alkyl halides is 3. The molecule has 0 atom stereocenters. The van der Waals surface area contributed by atoms with Gasteiger partial charge in [-0.1, -0.05) is 17.7 Å². The molecule has 0 aromatic heterocycles. The Morgan fingerprint density at radius 2 is 1.58 bits per heavy atom. The SMILES string of the molecule is O=C(Nc1ccc(S(=O)(=O)Nc2ccc(Cl)c(C(F)(F)F)c2)cc1)c1cccc(I)c1. The van der Waals surface area contributed by atoms with E-state index in [9.17, 15) is 26.4 Å². The first-order valence-electron chi connectivity index (χ1n) is 8.52. The maximum Gasteiger partial charge on any atom is 0.417 e. The van der Waals surface area contributed by atoms with Crippen LogP contribution in [0.2, 0.25) is 5.02 Å². The van der Waals surface area contributed by atoms with E-state index < -0.39 is 26.8 Å².